The zero-order valence-corrected chi connectivity index (χ0v) is 11.2. The minimum atomic E-state index is 0.595. The second-order valence-electron chi connectivity index (χ2n) is 4.61. The first-order valence-electron chi connectivity index (χ1n) is 6.32. The van der Waals surface area contributed by atoms with Gasteiger partial charge in [0.1, 0.15) is 11.5 Å². The van der Waals surface area contributed by atoms with E-state index in [0.29, 0.717) is 5.92 Å². The molecule has 5 heteroatoms. The molecule has 1 saturated carbocycles. The van der Waals surface area contributed by atoms with Crippen LogP contribution in [0.1, 0.15) is 37.3 Å². The minimum absolute atomic E-state index is 0.595. The SMILES string of the molecule is CNc1cc(C2CCCC2)nc(-c2cscn2)n1. The lowest BCUT2D eigenvalue weighted by atomic mass is 10.0. The predicted octanol–water partition coefficient (Wildman–Crippen LogP) is 3.30. The summed E-state index contributed by atoms with van der Waals surface area (Å²) < 4.78 is 0. The molecule has 4 nitrogen and oxygen atoms in total. The molecule has 0 saturated heterocycles. The van der Waals surface area contributed by atoms with E-state index in [-0.39, 0.29) is 0 Å². The standard InChI is InChI=1S/C13H16N4S/c1-14-12-6-10(9-4-2-3-5-9)16-13(17-12)11-7-18-8-15-11/h6-9H,2-5H2,1H3,(H,14,16,17). The van der Waals surface area contributed by atoms with E-state index in [9.17, 15) is 0 Å². The highest BCUT2D eigenvalue weighted by atomic mass is 32.1. The van der Waals surface area contributed by atoms with Gasteiger partial charge in [0, 0.05) is 30.1 Å². The molecule has 0 unspecified atom stereocenters. The van der Waals surface area contributed by atoms with Crippen molar-refractivity contribution in [2.45, 2.75) is 31.6 Å². The number of hydrogen-bond acceptors (Lipinski definition) is 5. The Labute approximate surface area is 111 Å². The maximum Gasteiger partial charge on any atom is 0.181 e. The van der Waals surface area contributed by atoms with E-state index in [1.54, 1.807) is 11.3 Å². The van der Waals surface area contributed by atoms with Crippen molar-refractivity contribution in [2.75, 3.05) is 12.4 Å². The van der Waals surface area contributed by atoms with Crippen LogP contribution in [0.4, 0.5) is 5.82 Å². The largest absolute Gasteiger partial charge is 0.373 e. The Hall–Kier alpha value is -1.49. The fourth-order valence-electron chi connectivity index (χ4n) is 2.46. The van der Waals surface area contributed by atoms with E-state index in [2.05, 4.69) is 21.4 Å². The van der Waals surface area contributed by atoms with E-state index >= 15 is 0 Å². The summed E-state index contributed by atoms with van der Waals surface area (Å²) in [5.74, 6) is 2.22. The summed E-state index contributed by atoms with van der Waals surface area (Å²) >= 11 is 1.57. The van der Waals surface area contributed by atoms with Gasteiger partial charge in [0.05, 0.1) is 5.51 Å². The number of nitrogens with one attached hydrogen (secondary N) is 1. The van der Waals surface area contributed by atoms with Crippen LogP contribution < -0.4 is 5.32 Å². The van der Waals surface area contributed by atoms with Crippen molar-refractivity contribution in [3.05, 3.63) is 22.7 Å². The van der Waals surface area contributed by atoms with Gasteiger partial charge in [0.25, 0.3) is 0 Å². The Morgan fingerprint density at radius 3 is 2.78 bits per heavy atom. The van der Waals surface area contributed by atoms with Crippen LogP contribution in [0.15, 0.2) is 17.0 Å². The van der Waals surface area contributed by atoms with Gasteiger partial charge >= 0.3 is 0 Å². The molecule has 0 amide bonds. The third-order valence-corrected chi connectivity index (χ3v) is 4.02. The highest BCUT2D eigenvalue weighted by Gasteiger charge is 2.20. The molecule has 1 aliphatic rings. The fourth-order valence-corrected chi connectivity index (χ4v) is 2.99. The average molecular weight is 260 g/mol. The second kappa shape index (κ2) is 5.02. The maximum absolute atomic E-state index is 4.70. The van der Waals surface area contributed by atoms with Gasteiger partial charge in [-0.05, 0) is 12.8 Å². The molecule has 1 fully saturated rings. The molecule has 1 aliphatic carbocycles. The zero-order valence-electron chi connectivity index (χ0n) is 10.4. The molecule has 3 rings (SSSR count). The third kappa shape index (κ3) is 2.22. The van der Waals surface area contributed by atoms with Crippen LogP contribution in [0.3, 0.4) is 0 Å². The number of thiazole rings is 1. The van der Waals surface area contributed by atoms with Crippen LogP contribution in [0, 0.1) is 0 Å². The molecule has 0 aliphatic heterocycles. The van der Waals surface area contributed by atoms with Crippen molar-refractivity contribution in [3.8, 4) is 11.5 Å². The predicted molar refractivity (Wildman–Crippen MR) is 73.9 cm³/mol. The first-order chi connectivity index (χ1) is 8.86. The fraction of sp³-hybridized carbons (Fsp3) is 0.462. The lowest BCUT2D eigenvalue weighted by Gasteiger charge is -2.11. The maximum atomic E-state index is 4.70. The number of rotatable bonds is 3. The van der Waals surface area contributed by atoms with Gasteiger partial charge < -0.3 is 5.32 Å². The van der Waals surface area contributed by atoms with Crippen molar-refractivity contribution in [1.29, 1.82) is 0 Å². The van der Waals surface area contributed by atoms with E-state index in [0.717, 1.165) is 23.0 Å². The summed E-state index contributed by atoms with van der Waals surface area (Å²) in [5.41, 5.74) is 3.85. The lowest BCUT2D eigenvalue weighted by Crippen LogP contribution is -2.03. The van der Waals surface area contributed by atoms with Crippen LogP contribution in [-0.2, 0) is 0 Å². The first kappa shape index (κ1) is 11.6. The topological polar surface area (TPSA) is 50.7 Å². The van der Waals surface area contributed by atoms with Gasteiger partial charge in [0.2, 0.25) is 0 Å². The third-order valence-electron chi connectivity index (χ3n) is 3.44. The van der Waals surface area contributed by atoms with Crippen molar-refractivity contribution in [3.63, 3.8) is 0 Å². The van der Waals surface area contributed by atoms with Crippen LogP contribution >= 0.6 is 11.3 Å². The normalized spacial score (nSPS) is 16.1. The quantitative estimate of drug-likeness (QED) is 0.920. The van der Waals surface area contributed by atoms with Gasteiger partial charge in [-0.25, -0.2) is 15.0 Å². The summed E-state index contributed by atoms with van der Waals surface area (Å²) in [6, 6.07) is 2.08. The number of nitrogens with zero attached hydrogens (tertiary/aromatic N) is 3. The molecule has 1 N–H and O–H groups in total. The Kier molecular flexibility index (Phi) is 3.23. The Bertz CT molecular complexity index is 518. The average Bonchev–Trinajstić information content (AvgIpc) is 3.10. The van der Waals surface area contributed by atoms with E-state index in [4.69, 9.17) is 4.98 Å². The van der Waals surface area contributed by atoms with Gasteiger partial charge in [-0.15, -0.1) is 11.3 Å². The zero-order chi connectivity index (χ0) is 12.4. The first-order valence-corrected chi connectivity index (χ1v) is 7.26. The molecule has 2 heterocycles. The lowest BCUT2D eigenvalue weighted by molar-refractivity contribution is 0.695. The molecule has 0 atom stereocenters. The minimum Gasteiger partial charge on any atom is -0.373 e. The number of anilines is 1. The molecule has 0 radical (unpaired) electrons. The Morgan fingerprint density at radius 2 is 2.11 bits per heavy atom. The summed E-state index contributed by atoms with van der Waals surface area (Å²) in [7, 11) is 1.89. The van der Waals surface area contributed by atoms with Gasteiger partial charge in [-0.3, -0.25) is 0 Å². The second-order valence-corrected chi connectivity index (χ2v) is 5.33. The summed E-state index contributed by atoms with van der Waals surface area (Å²) in [6.45, 7) is 0. The molecule has 2 aromatic rings. The van der Waals surface area contributed by atoms with E-state index in [1.165, 1.54) is 25.7 Å². The summed E-state index contributed by atoms with van der Waals surface area (Å²) in [6.07, 6.45) is 5.12. The number of hydrogen-bond donors (Lipinski definition) is 1. The van der Waals surface area contributed by atoms with Crippen molar-refractivity contribution < 1.29 is 0 Å². The van der Waals surface area contributed by atoms with E-state index in [1.807, 2.05) is 17.9 Å². The number of aromatic nitrogens is 3. The van der Waals surface area contributed by atoms with Gasteiger partial charge in [-0.1, -0.05) is 12.8 Å². The molecule has 0 aromatic carbocycles. The van der Waals surface area contributed by atoms with Crippen LogP contribution in [0.5, 0.6) is 0 Å². The highest BCUT2D eigenvalue weighted by molar-refractivity contribution is 7.07. The molecule has 0 bridgehead atoms. The highest BCUT2D eigenvalue weighted by Crippen LogP contribution is 2.34. The van der Waals surface area contributed by atoms with Crippen molar-refractivity contribution >= 4 is 17.2 Å². The van der Waals surface area contributed by atoms with Gasteiger partial charge in [-0.2, -0.15) is 0 Å². The monoisotopic (exact) mass is 260 g/mol. The smallest absolute Gasteiger partial charge is 0.181 e. The molecule has 0 spiro atoms. The summed E-state index contributed by atoms with van der Waals surface area (Å²) in [5, 5.41) is 5.11. The molecule has 18 heavy (non-hydrogen) atoms. The van der Waals surface area contributed by atoms with Crippen molar-refractivity contribution in [2.24, 2.45) is 0 Å². The van der Waals surface area contributed by atoms with Crippen LogP contribution in [0.2, 0.25) is 0 Å². The Balaban J connectivity index is 2.01. The molecular formula is C13H16N4S. The Morgan fingerprint density at radius 1 is 1.28 bits per heavy atom. The van der Waals surface area contributed by atoms with Gasteiger partial charge in [0.15, 0.2) is 5.82 Å². The van der Waals surface area contributed by atoms with Crippen LogP contribution in [-0.4, -0.2) is 22.0 Å². The van der Waals surface area contributed by atoms with Crippen molar-refractivity contribution in [1.82, 2.24) is 15.0 Å². The van der Waals surface area contributed by atoms with E-state index < -0.39 is 0 Å². The molecule has 2 aromatic heterocycles. The molecule has 94 valence electrons. The summed E-state index contributed by atoms with van der Waals surface area (Å²) in [4.78, 5) is 13.5. The van der Waals surface area contributed by atoms with Crippen LogP contribution in [0.25, 0.3) is 11.5 Å². The molecular weight excluding hydrogens is 244 g/mol.